The van der Waals surface area contributed by atoms with E-state index >= 15 is 0 Å². The number of para-hydroxylation sites is 1. The van der Waals surface area contributed by atoms with Crippen LogP contribution in [-0.4, -0.2) is 47.1 Å². The molecule has 0 N–H and O–H groups in total. The molecule has 2 aromatic heterocycles. The second-order valence-electron chi connectivity index (χ2n) is 7.35. The number of fused-ring (bicyclic) bond motifs is 1. The molecular formula is C22H23N3O5. The Morgan fingerprint density at radius 1 is 1.23 bits per heavy atom. The summed E-state index contributed by atoms with van der Waals surface area (Å²) in [6.45, 7) is 4.61. The van der Waals surface area contributed by atoms with Crippen LogP contribution in [0.3, 0.4) is 0 Å². The molecule has 1 fully saturated rings. The minimum Gasteiger partial charge on any atom is -0.493 e. The lowest BCUT2D eigenvalue weighted by molar-refractivity contribution is 0.0523. The van der Waals surface area contributed by atoms with E-state index in [1.807, 2.05) is 13.8 Å². The molecule has 1 amide bonds. The van der Waals surface area contributed by atoms with Crippen molar-refractivity contribution in [3.63, 3.8) is 0 Å². The maximum Gasteiger partial charge on any atom is 0.349 e. The molecule has 0 aliphatic carbocycles. The fourth-order valence-electron chi connectivity index (χ4n) is 3.73. The summed E-state index contributed by atoms with van der Waals surface area (Å²) >= 11 is 0. The lowest BCUT2D eigenvalue weighted by atomic mass is 10.1. The summed E-state index contributed by atoms with van der Waals surface area (Å²) in [7, 11) is 1.50. The summed E-state index contributed by atoms with van der Waals surface area (Å²) in [5, 5.41) is 0.633. The van der Waals surface area contributed by atoms with Gasteiger partial charge in [0, 0.05) is 23.7 Å². The molecule has 156 valence electrons. The van der Waals surface area contributed by atoms with Gasteiger partial charge in [0.05, 0.1) is 13.7 Å². The third-order valence-corrected chi connectivity index (χ3v) is 5.07. The van der Waals surface area contributed by atoms with Gasteiger partial charge in [0.2, 0.25) is 5.88 Å². The smallest absolute Gasteiger partial charge is 0.349 e. The number of carbonyl (C=O) groups excluding carboxylic acids is 1. The SMILES string of the molecule is COc1cccc2cc(C(=O)N3CCCC(Oc4cc(C)nc(C)n4)C3)c(=O)oc12. The van der Waals surface area contributed by atoms with Crippen molar-refractivity contribution in [3.8, 4) is 11.6 Å². The Morgan fingerprint density at radius 2 is 2.07 bits per heavy atom. The standard InChI is InChI=1S/C22H23N3O5/c1-13-10-19(24-14(2)23-13)29-16-7-5-9-25(12-16)21(26)17-11-15-6-4-8-18(28-3)20(15)30-22(17)27/h4,6,8,10-11,16H,5,7,9,12H2,1-3H3. The lowest BCUT2D eigenvalue weighted by Crippen LogP contribution is -2.45. The maximum absolute atomic E-state index is 13.1. The summed E-state index contributed by atoms with van der Waals surface area (Å²) in [6, 6.07) is 8.61. The van der Waals surface area contributed by atoms with Crippen LogP contribution in [0.25, 0.3) is 11.0 Å². The number of rotatable bonds is 4. The van der Waals surface area contributed by atoms with Crippen LogP contribution in [0.4, 0.5) is 0 Å². The van der Waals surface area contributed by atoms with E-state index in [2.05, 4.69) is 9.97 Å². The average molecular weight is 409 g/mol. The molecule has 1 saturated heterocycles. The third-order valence-electron chi connectivity index (χ3n) is 5.07. The van der Waals surface area contributed by atoms with Gasteiger partial charge in [0.15, 0.2) is 11.3 Å². The molecule has 0 saturated carbocycles. The van der Waals surface area contributed by atoms with E-state index in [1.54, 1.807) is 35.2 Å². The topological polar surface area (TPSA) is 94.8 Å². The van der Waals surface area contributed by atoms with Crippen LogP contribution in [0.15, 0.2) is 39.5 Å². The molecule has 1 aliphatic heterocycles. The van der Waals surface area contributed by atoms with Gasteiger partial charge < -0.3 is 18.8 Å². The van der Waals surface area contributed by atoms with E-state index < -0.39 is 5.63 Å². The van der Waals surface area contributed by atoms with Gasteiger partial charge in [-0.25, -0.2) is 9.78 Å². The van der Waals surface area contributed by atoms with Crippen LogP contribution >= 0.6 is 0 Å². The zero-order chi connectivity index (χ0) is 21.3. The lowest BCUT2D eigenvalue weighted by Gasteiger charge is -2.32. The van der Waals surface area contributed by atoms with Gasteiger partial charge in [0.25, 0.3) is 5.91 Å². The van der Waals surface area contributed by atoms with Crippen LogP contribution in [0.5, 0.6) is 11.6 Å². The van der Waals surface area contributed by atoms with Crippen LogP contribution in [-0.2, 0) is 0 Å². The highest BCUT2D eigenvalue weighted by molar-refractivity contribution is 5.97. The van der Waals surface area contributed by atoms with Gasteiger partial charge in [-0.15, -0.1) is 0 Å². The molecule has 1 aromatic carbocycles. The summed E-state index contributed by atoms with van der Waals surface area (Å²) in [5.41, 5.74) is 0.480. The number of nitrogens with zero attached hydrogens (tertiary/aromatic N) is 3. The molecule has 3 aromatic rings. The molecule has 30 heavy (non-hydrogen) atoms. The first-order valence-corrected chi connectivity index (χ1v) is 9.83. The van der Waals surface area contributed by atoms with Crippen molar-refractivity contribution < 1.29 is 18.7 Å². The molecule has 4 rings (SSSR count). The van der Waals surface area contributed by atoms with E-state index in [1.165, 1.54) is 7.11 Å². The van der Waals surface area contributed by atoms with Crippen molar-refractivity contribution >= 4 is 16.9 Å². The summed E-state index contributed by atoms with van der Waals surface area (Å²) in [6.07, 6.45) is 1.37. The zero-order valence-corrected chi connectivity index (χ0v) is 17.2. The molecule has 0 spiro atoms. The van der Waals surface area contributed by atoms with Gasteiger partial charge >= 0.3 is 5.63 Å². The third kappa shape index (κ3) is 3.98. The number of ether oxygens (including phenoxy) is 2. The normalized spacial score (nSPS) is 16.5. The van der Waals surface area contributed by atoms with Crippen molar-refractivity contribution in [3.05, 3.63) is 57.8 Å². The minimum atomic E-state index is -0.679. The molecule has 3 heterocycles. The van der Waals surface area contributed by atoms with Crippen molar-refractivity contribution in [1.29, 1.82) is 0 Å². The number of amides is 1. The van der Waals surface area contributed by atoms with Gasteiger partial charge in [-0.3, -0.25) is 4.79 Å². The number of methoxy groups -OCH3 is 1. The van der Waals surface area contributed by atoms with Crippen molar-refractivity contribution in [1.82, 2.24) is 14.9 Å². The van der Waals surface area contributed by atoms with Crippen molar-refractivity contribution in [2.75, 3.05) is 20.2 Å². The number of benzene rings is 1. The molecule has 0 bridgehead atoms. The largest absolute Gasteiger partial charge is 0.493 e. The van der Waals surface area contributed by atoms with E-state index in [0.29, 0.717) is 41.5 Å². The van der Waals surface area contributed by atoms with Gasteiger partial charge in [-0.2, -0.15) is 4.98 Å². The fourth-order valence-corrected chi connectivity index (χ4v) is 3.73. The van der Waals surface area contributed by atoms with Crippen molar-refractivity contribution in [2.45, 2.75) is 32.8 Å². The van der Waals surface area contributed by atoms with Crippen LogP contribution in [0, 0.1) is 13.8 Å². The quantitative estimate of drug-likeness (QED) is 0.612. The maximum atomic E-state index is 13.1. The fraction of sp³-hybridized carbons (Fsp3) is 0.364. The number of aromatic nitrogens is 2. The van der Waals surface area contributed by atoms with Gasteiger partial charge in [0.1, 0.15) is 17.5 Å². The molecule has 1 atom stereocenters. The minimum absolute atomic E-state index is 0.00475. The highest BCUT2D eigenvalue weighted by Crippen LogP contribution is 2.25. The van der Waals surface area contributed by atoms with Gasteiger partial charge in [-0.05, 0) is 38.8 Å². The number of hydrogen-bond acceptors (Lipinski definition) is 7. The van der Waals surface area contributed by atoms with E-state index in [0.717, 1.165) is 18.5 Å². The van der Waals surface area contributed by atoms with Crippen LogP contribution in [0.2, 0.25) is 0 Å². The summed E-state index contributed by atoms with van der Waals surface area (Å²) in [5.74, 6) is 1.22. The zero-order valence-electron chi connectivity index (χ0n) is 17.2. The first-order chi connectivity index (χ1) is 14.4. The van der Waals surface area contributed by atoms with Crippen LogP contribution in [0.1, 0.15) is 34.7 Å². The Morgan fingerprint density at radius 3 is 2.83 bits per heavy atom. The van der Waals surface area contributed by atoms with Gasteiger partial charge in [-0.1, -0.05) is 12.1 Å². The molecule has 8 nitrogen and oxygen atoms in total. The summed E-state index contributed by atoms with van der Waals surface area (Å²) < 4.78 is 16.6. The second-order valence-corrected chi connectivity index (χ2v) is 7.35. The number of aryl methyl sites for hydroxylation is 2. The van der Waals surface area contributed by atoms with Crippen molar-refractivity contribution in [2.24, 2.45) is 0 Å². The number of piperidine rings is 1. The number of carbonyl (C=O) groups is 1. The molecule has 1 unspecified atom stereocenters. The first kappa shape index (κ1) is 19.9. The van der Waals surface area contributed by atoms with Crippen LogP contribution < -0.4 is 15.1 Å². The Hall–Kier alpha value is -3.42. The predicted octanol–water partition coefficient (Wildman–Crippen LogP) is 2.89. The highest BCUT2D eigenvalue weighted by atomic mass is 16.5. The summed E-state index contributed by atoms with van der Waals surface area (Å²) in [4.78, 5) is 35.8. The van der Waals surface area contributed by atoms with E-state index in [9.17, 15) is 9.59 Å². The van der Waals surface area contributed by atoms with E-state index in [-0.39, 0.29) is 17.6 Å². The predicted molar refractivity (Wildman–Crippen MR) is 110 cm³/mol. The Bertz CT molecular complexity index is 1140. The second kappa shape index (κ2) is 8.14. The Balaban J connectivity index is 1.55. The molecular weight excluding hydrogens is 386 g/mol. The van der Waals surface area contributed by atoms with E-state index in [4.69, 9.17) is 13.9 Å². The molecule has 1 aliphatic rings. The first-order valence-electron chi connectivity index (χ1n) is 9.83. The number of likely N-dealkylation sites (tertiary alicyclic amines) is 1. The Labute approximate surface area is 173 Å². The number of hydrogen-bond donors (Lipinski definition) is 0. The highest BCUT2D eigenvalue weighted by Gasteiger charge is 2.28. The Kier molecular flexibility index (Phi) is 5.39. The monoisotopic (exact) mass is 409 g/mol. The molecule has 8 heteroatoms. The average Bonchev–Trinajstić information content (AvgIpc) is 2.72. The molecule has 0 radical (unpaired) electrons.